The summed E-state index contributed by atoms with van der Waals surface area (Å²) in [6.45, 7) is 6.00. The highest BCUT2D eigenvalue weighted by Crippen LogP contribution is 2.22. The Bertz CT molecular complexity index is 688. The van der Waals surface area contributed by atoms with Crippen LogP contribution in [0.1, 0.15) is 43.5 Å². The molecule has 1 aliphatic rings. The van der Waals surface area contributed by atoms with Gasteiger partial charge < -0.3 is 25.6 Å². The highest BCUT2D eigenvalue weighted by molar-refractivity contribution is 5.97. The van der Waals surface area contributed by atoms with Crippen LogP contribution in [-0.4, -0.2) is 68.2 Å². The van der Waals surface area contributed by atoms with Crippen LogP contribution >= 0.6 is 0 Å². The molecule has 1 aromatic carbocycles. The van der Waals surface area contributed by atoms with E-state index in [2.05, 4.69) is 16.0 Å². The number of methoxy groups -OCH3 is 1. The van der Waals surface area contributed by atoms with Crippen LogP contribution < -0.4 is 16.0 Å². The van der Waals surface area contributed by atoms with E-state index in [0.29, 0.717) is 51.1 Å². The number of likely N-dealkylation sites (tertiary alicyclic amines) is 1. The average Bonchev–Trinajstić information content (AvgIpc) is 2.75. The summed E-state index contributed by atoms with van der Waals surface area (Å²) in [5.74, 6) is -0.503. The molecule has 0 bridgehead atoms. The van der Waals surface area contributed by atoms with Gasteiger partial charge in [0.1, 0.15) is 6.04 Å². The van der Waals surface area contributed by atoms with Crippen molar-refractivity contribution in [2.24, 2.45) is 5.92 Å². The van der Waals surface area contributed by atoms with Crippen LogP contribution in [0.5, 0.6) is 0 Å². The topological polar surface area (TPSA) is 99.8 Å². The van der Waals surface area contributed by atoms with E-state index in [9.17, 15) is 14.4 Å². The first-order chi connectivity index (χ1) is 14.4. The first-order valence-electron chi connectivity index (χ1n) is 10.6. The minimum Gasteiger partial charge on any atom is -0.385 e. The Morgan fingerprint density at radius 3 is 2.37 bits per heavy atom. The van der Waals surface area contributed by atoms with Gasteiger partial charge in [-0.1, -0.05) is 18.2 Å². The maximum atomic E-state index is 12.9. The zero-order chi connectivity index (χ0) is 21.9. The summed E-state index contributed by atoms with van der Waals surface area (Å²) in [5, 5.41) is 8.72. The molecule has 0 saturated carbocycles. The molecular weight excluding hydrogens is 384 g/mol. The summed E-state index contributed by atoms with van der Waals surface area (Å²) in [6, 6.07) is 8.22. The Hall–Kier alpha value is -2.61. The van der Waals surface area contributed by atoms with Crippen LogP contribution in [0.15, 0.2) is 30.3 Å². The van der Waals surface area contributed by atoms with Crippen molar-refractivity contribution in [3.63, 3.8) is 0 Å². The van der Waals surface area contributed by atoms with E-state index in [4.69, 9.17) is 4.74 Å². The largest absolute Gasteiger partial charge is 0.385 e. The number of rotatable bonds is 9. The Labute approximate surface area is 178 Å². The number of carbonyl (C=O) groups is 3. The zero-order valence-corrected chi connectivity index (χ0v) is 18.1. The second-order valence-electron chi connectivity index (χ2n) is 7.88. The molecule has 166 valence electrons. The number of piperidine rings is 1. The summed E-state index contributed by atoms with van der Waals surface area (Å²) >= 11 is 0. The molecule has 1 atom stereocenters. The van der Waals surface area contributed by atoms with Gasteiger partial charge in [-0.05, 0) is 51.2 Å². The van der Waals surface area contributed by atoms with Crippen LogP contribution in [0.3, 0.4) is 0 Å². The quantitative estimate of drug-likeness (QED) is 0.532. The minimum absolute atomic E-state index is 0.0387. The van der Waals surface area contributed by atoms with Crippen molar-refractivity contribution in [2.45, 2.75) is 45.2 Å². The summed E-state index contributed by atoms with van der Waals surface area (Å²) < 4.78 is 5.02. The van der Waals surface area contributed by atoms with Gasteiger partial charge in [0.2, 0.25) is 5.91 Å². The molecule has 0 spiro atoms. The van der Waals surface area contributed by atoms with Crippen molar-refractivity contribution >= 4 is 17.8 Å². The van der Waals surface area contributed by atoms with Crippen molar-refractivity contribution in [1.29, 1.82) is 0 Å². The lowest BCUT2D eigenvalue weighted by atomic mass is 9.88. The van der Waals surface area contributed by atoms with E-state index in [-0.39, 0.29) is 29.8 Å². The molecule has 8 nitrogen and oxygen atoms in total. The van der Waals surface area contributed by atoms with Gasteiger partial charge in [0.05, 0.1) is 0 Å². The van der Waals surface area contributed by atoms with E-state index < -0.39 is 6.04 Å². The van der Waals surface area contributed by atoms with E-state index in [1.165, 1.54) is 0 Å². The monoisotopic (exact) mass is 418 g/mol. The fourth-order valence-electron chi connectivity index (χ4n) is 3.52. The van der Waals surface area contributed by atoms with Crippen molar-refractivity contribution in [1.82, 2.24) is 20.9 Å². The predicted molar refractivity (Wildman–Crippen MR) is 115 cm³/mol. The lowest BCUT2D eigenvalue weighted by Gasteiger charge is -2.36. The third kappa shape index (κ3) is 7.33. The molecule has 8 heteroatoms. The standard InChI is InChI=1S/C22H34N4O4/c1-16(2)24-22(29)26-13-10-17(11-14-26)19(21(28)23-12-7-15-30-3)25-20(27)18-8-5-4-6-9-18/h4-6,8-9,16-17,19H,7,10-15H2,1-3H3,(H,23,28)(H,24,29)(H,25,27). The fraction of sp³-hybridized carbons (Fsp3) is 0.591. The lowest BCUT2D eigenvalue weighted by molar-refractivity contribution is -0.124. The second-order valence-corrected chi connectivity index (χ2v) is 7.88. The van der Waals surface area contributed by atoms with Gasteiger partial charge in [-0.3, -0.25) is 9.59 Å². The molecule has 0 aromatic heterocycles. The number of amides is 4. The van der Waals surface area contributed by atoms with Crippen LogP contribution in [-0.2, 0) is 9.53 Å². The second kappa shape index (κ2) is 12.2. The van der Waals surface area contributed by atoms with E-state index >= 15 is 0 Å². The van der Waals surface area contributed by atoms with Crippen LogP contribution in [0, 0.1) is 5.92 Å². The summed E-state index contributed by atoms with van der Waals surface area (Å²) in [4.78, 5) is 39.6. The summed E-state index contributed by atoms with van der Waals surface area (Å²) in [6.07, 6.45) is 2.00. The molecule has 0 radical (unpaired) electrons. The maximum absolute atomic E-state index is 12.9. The molecule has 30 heavy (non-hydrogen) atoms. The molecule has 1 aromatic rings. The molecule has 2 rings (SSSR count). The van der Waals surface area contributed by atoms with Crippen LogP contribution in [0.4, 0.5) is 4.79 Å². The molecule has 1 heterocycles. The molecule has 1 fully saturated rings. The lowest BCUT2D eigenvalue weighted by Crippen LogP contribution is -2.55. The van der Waals surface area contributed by atoms with E-state index in [1.807, 2.05) is 19.9 Å². The van der Waals surface area contributed by atoms with Gasteiger partial charge >= 0.3 is 6.03 Å². The predicted octanol–water partition coefficient (Wildman–Crippen LogP) is 1.77. The number of nitrogens with zero attached hydrogens (tertiary/aromatic N) is 1. The molecular formula is C22H34N4O4. The van der Waals surface area contributed by atoms with Gasteiger partial charge in [-0.15, -0.1) is 0 Å². The third-order valence-electron chi connectivity index (χ3n) is 5.14. The van der Waals surface area contributed by atoms with E-state index in [0.717, 1.165) is 0 Å². The van der Waals surface area contributed by atoms with Crippen molar-refractivity contribution in [2.75, 3.05) is 33.4 Å². The maximum Gasteiger partial charge on any atom is 0.317 e. The highest BCUT2D eigenvalue weighted by Gasteiger charge is 2.34. The third-order valence-corrected chi connectivity index (χ3v) is 5.14. The number of benzene rings is 1. The number of ether oxygens (including phenoxy) is 1. The number of urea groups is 1. The molecule has 3 N–H and O–H groups in total. The van der Waals surface area contributed by atoms with Gasteiger partial charge in [0.25, 0.3) is 5.91 Å². The first kappa shape index (κ1) is 23.7. The summed E-state index contributed by atoms with van der Waals surface area (Å²) in [7, 11) is 1.62. The number of carbonyl (C=O) groups excluding carboxylic acids is 3. The number of hydrogen-bond acceptors (Lipinski definition) is 4. The smallest absolute Gasteiger partial charge is 0.317 e. The first-order valence-corrected chi connectivity index (χ1v) is 10.6. The van der Waals surface area contributed by atoms with Gasteiger partial charge in [0, 0.05) is 45.0 Å². The number of nitrogens with one attached hydrogen (secondary N) is 3. The highest BCUT2D eigenvalue weighted by atomic mass is 16.5. The Balaban J connectivity index is 2.01. The molecule has 1 unspecified atom stereocenters. The Morgan fingerprint density at radius 1 is 1.10 bits per heavy atom. The SMILES string of the molecule is COCCCNC(=O)C(NC(=O)c1ccccc1)C1CCN(C(=O)NC(C)C)CC1. The van der Waals surface area contributed by atoms with Crippen molar-refractivity contribution in [3.8, 4) is 0 Å². The van der Waals surface area contributed by atoms with Crippen LogP contribution in [0.2, 0.25) is 0 Å². The molecule has 1 aliphatic heterocycles. The Kier molecular flexibility index (Phi) is 9.60. The number of hydrogen-bond donors (Lipinski definition) is 3. The van der Waals surface area contributed by atoms with Gasteiger partial charge in [-0.2, -0.15) is 0 Å². The zero-order valence-electron chi connectivity index (χ0n) is 18.1. The van der Waals surface area contributed by atoms with Crippen molar-refractivity contribution < 1.29 is 19.1 Å². The van der Waals surface area contributed by atoms with Gasteiger partial charge in [-0.25, -0.2) is 4.79 Å². The normalized spacial score (nSPS) is 15.5. The molecule has 0 aliphatic carbocycles. The fourth-order valence-corrected chi connectivity index (χ4v) is 3.52. The molecule has 4 amide bonds. The van der Waals surface area contributed by atoms with Crippen LogP contribution in [0.25, 0.3) is 0 Å². The van der Waals surface area contributed by atoms with Gasteiger partial charge in [0.15, 0.2) is 0 Å². The Morgan fingerprint density at radius 2 is 1.77 bits per heavy atom. The molecule has 1 saturated heterocycles. The minimum atomic E-state index is -0.643. The van der Waals surface area contributed by atoms with E-state index in [1.54, 1.807) is 36.3 Å². The summed E-state index contributed by atoms with van der Waals surface area (Å²) in [5.41, 5.74) is 0.517. The average molecular weight is 419 g/mol. The van der Waals surface area contributed by atoms with Crippen molar-refractivity contribution in [3.05, 3.63) is 35.9 Å².